The summed E-state index contributed by atoms with van der Waals surface area (Å²) in [6, 6.07) is 38.2. The fourth-order valence-corrected chi connectivity index (χ4v) is 11.4. The zero-order valence-electron chi connectivity index (χ0n) is 28.3. The predicted octanol–water partition coefficient (Wildman–Crippen LogP) is 5.70. The summed E-state index contributed by atoms with van der Waals surface area (Å²) in [6.07, 6.45) is -4.17. The third kappa shape index (κ3) is 6.90. The van der Waals surface area contributed by atoms with E-state index in [1.54, 1.807) is 13.8 Å². The summed E-state index contributed by atoms with van der Waals surface area (Å²) < 4.78 is 27.6. The average Bonchev–Trinajstić information content (AvgIpc) is 3.62. The molecule has 48 heavy (non-hydrogen) atoms. The molecule has 5 aromatic rings. The van der Waals surface area contributed by atoms with E-state index < -0.39 is 38.5 Å². The van der Waals surface area contributed by atoms with Crippen LogP contribution in [0.25, 0.3) is 11.0 Å². The molecule has 1 fully saturated rings. The number of ether oxygens (including phenoxy) is 3. The Morgan fingerprint density at radius 2 is 1.33 bits per heavy atom. The van der Waals surface area contributed by atoms with Crippen molar-refractivity contribution in [1.29, 1.82) is 0 Å². The van der Waals surface area contributed by atoms with Gasteiger partial charge in [0.25, 0.3) is 8.32 Å². The fourth-order valence-electron chi connectivity index (χ4n) is 6.86. The first-order valence-electron chi connectivity index (χ1n) is 16.5. The van der Waals surface area contributed by atoms with Crippen molar-refractivity contribution < 1.29 is 28.8 Å². The van der Waals surface area contributed by atoms with E-state index in [2.05, 4.69) is 45.0 Å². The molecule has 2 heterocycles. The molecule has 0 bridgehead atoms. The molecule has 0 saturated carbocycles. The van der Waals surface area contributed by atoms with Gasteiger partial charge in [0.1, 0.15) is 37.0 Å². The summed E-state index contributed by atoms with van der Waals surface area (Å²) in [5, 5.41) is 25.8. The van der Waals surface area contributed by atoms with Gasteiger partial charge in [0.2, 0.25) is 0 Å². The number of hydrogen-bond acceptors (Lipinski definition) is 7. The Morgan fingerprint density at radius 1 is 0.792 bits per heavy atom. The second kappa shape index (κ2) is 14.1. The van der Waals surface area contributed by atoms with Crippen molar-refractivity contribution in [1.82, 2.24) is 9.55 Å². The Labute approximate surface area is 284 Å². The first-order chi connectivity index (χ1) is 23.0. The van der Waals surface area contributed by atoms with Crippen molar-refractivity contribution >= 4 is 29.7 Å². The van der Waals surface area contributed by atoms with Gasteiger partial charge < -0.3 is 33.4 Å². The number of nitrogens with zero attached hydrogens (tertiary/aromatic N) is 2. The van der Waals surface area contributed by atoms with Crippen LogP contribution in [0.3, 0.4) is 0 Å². The number of fused-ring (bicyclic) bond motifs is 1. The zero-order chi connectivity index (χ0) is 33.9. The summed E-state index contributed by atoms with van der Waals surface area (Å²) in [5.41, 5.74) is 2.59. The van der Waals surface area contributed by atoms with Crippen LogP contribution < -0.4 is 10.4 Å². The van der Waals surface area contributed by atoms with Crippen molar-refractivity contribution in [2.24, 2.45) is 0 Å². The SMILES string of the molecule is CC1(C)O[C@@H]([C@@H](O)c2nc3ccccc3n2COCc2ccccc2)[C@@H]([C@H](O)CO[Si](c2ccccc2)(c2ccccc2)C(C)(C)C)O1. The largest absolute Gasteiger partial charge is 0.405 e. The van der Waals surface area contributed by atoms with Crippen LogP contribution >= 0.6 is 0 Å². The zero-order valence-corrected chi connectivity index (χ0v) is 29.3. The lowest BCUT2D eigenvalue weighted by Gasteiger charge is -2.43. The van der Waals surface area contributed by atoms with Crippen molar-refractivity contribution in [3.8, 4) is 0 Å². The summed E-state index contributed by atoms with van der Waals surface area (Å²) in [4.78, 5) is 4.81. The summed E-state index contributed by atoms with van der Waals surface area (Å²) >= 11 is 0. The maximum Gasteiger partial charge on any atom is 0.261 e. The van der Waals surface area contributed by atoms with E-state index >= 15 is 0 Å². The molecular weight excluding hydrogens is 621 g/mol. The number of aromatic nitrogens is 2. The van der Waals surface area contributed by atoms with Crippen LogP contribution in [0.1, 0.15) is 52.1 Å². The third-order valence-corrected chi connectivity index (χ3v) is 14.0. The second-order valence-corrected chi connectivity index (χ2v) is 18.2. The van der Waals surface area contributed by atoms with E-state index in [0.717, 1.165) is 27.0 Å². The lowest BCUT2D eigenvalue weighted by atomic mass is 10.0. The van der Waals surface area contributed by atoms with Gasteiger partial charge in [-0.1, -0.05) is 124 Å². The molecule has 252 valence electrons. The molecule has 1 aromatic heterocycles. The van der Waals surface area contributed by atoms with Crippen LogP contribution in [0.2, 0.25) is 5.04 Å². The maximum absolute atomic E-state index is 12.0. The van der Waals surface area contributed by atoms with E-state index in [1.807, 2.05) is 95.6 Å². The maximum atomic E-state index is 12.0. The minimum atomic E-state index is -2.94. The van der Waals surface area contributed by atoms with Crippen LogP contribution in [0.5, 0.6) is 0 Å². The van der Waals surface area contributed by atoms with Crippen LogP contribution in [0, 0.1) is 0 Å². The van der Waals surface area contributed by atoms with E-state index in [-0.39, 0.29) is 18.4 Å². The van der Waals surface area contributed by atoms with Gasteiger partial charge in [0.05, 0.1) is 24.2 Å². The fraction of sp³-hybridized carbons (Fsp3) is 0.359. The Morgan fingerprint density at radius 3 is 1.94 bits per heavy atom. The van der Waals surface area contributed by atoms with Crippen molar-refractivity contribution in [2.75, 3.05) is 6.61 Å². The number of benzene rings is 4. The smallest absolute Gasteiger partial charge is 0.261 e. The minimum Gasteiger partial charge on any atom is -0.405 e. The van der Waals surface area contributed by atoms with Gasteiger partial charge in [-0.2, -0.15) is 0 Å². The molecule has 2 N–H and O–H groups in total. The standard InChI is InChI=1S/C39H46N2O6Si/c1-38(2,3)48(29-19-11-7-12-20-29,30-21-13-8-14-22-30)45-26-33(42)35-36(47-39(4,5)46-35)34(43)37-40-31-23-15-16-24-32(31)41(37)27-44-25-28-17-9-6-10-18-28/h6-24,33-36,42-43H,25-27H2,1-5H3/t33-,34-,35-,36+/m1/s1. The number of hydrogen-bond donors (Lipinski definition) is 2. The average molecular weight is 667 g/mol. The van der Waals surface area contributed by atoms with E-state index in [1.165, 1.54) is 0 Å². The summed E-state index contributed by atoms with van der Waals surface area (Å²) in [6.45, 7) is 10.7. The van der Waals surface area contributed by atoms with Gasteiger partial charge >= 0.3 is 0 Å². The monoisotopic (exact) mass is 666 g/mol. The molecule has 0 spiro atoms. The first-order valence-corrected chi connectivity index (χ1v) is 18.4. The Balaban J connectivity index is 1.29. The van der Waals surface area contributed by atoms with E-state index in [9.17, 15) is 10.2 Å². The molecule has 0 unspecified atom stereocenters. The minimum absolute atomic E-state index is 0.0167. The van der Waals surface area contributed by atoms with Crippen LogP contribution in [0.15, 0.2) is 115 Å². The molecule has 4 aromatic carbocycles. The number of imidazole rings is 1. The molecule has 6 rings (SSSR count). The molecule has 4 atom stereocenters. The number of aliphatic hydroxyl groups excluding tert-OH is 2. The molecule has 1 aliphatic heterocycles. The highest BCUT2D eigenvalue weighted by Crippen LogP contribution is 2.40. The topological polar surface area (TPSA) is 95.2 Å². The molecule has 9 heteroatoms. The third-order valence-electron chi connectivity index (χ3n) is 9.02. The molecule has 1 aliphatic rings. The molecule has 1 saturated heterocycles. The van der Waals surface area contributed by atoms with Crippen molar-refractivity contribution in [3.63, 3.8) is 0 Å². The lowest BCUT2D eigenvalue weighted by Crippen LogP contribution is -2.67. The second-order valence-electron chi connectivity index (χ2n) is 13.9. The first kappa shape index (κ1) is 34.2. The van der Waals surface area contributed by atoms with E-state index in [4.69, 9.17) is 23.6 Å². The quantitative estimate of drug-likeness (QED) is 0.165. The van der Waals surface area contributed by atoms with Gasteiger partial charge in [-0.25, -0.2) is 4.98 Å². The Bertz CT molecular complexity index is 1740. The Kier molecular flexibility index (Phi) is 10.0. The summed E-state index contributed by atoms with van der Waals surface area (Å²) in [7, 11) is -2.94. The molecule has 8 nitrogen and oxygen atoms in total. The highest BCUT2D eigenvalue weighted by molar-refractivity contribution is 6.99. The Hall–Kier alpha value is -3.67. The van der Waals surface area contributed by atoms with Gasteiger partial charge in [-0.15, -0.1) is 0 Å². The highest BCUT2D eigenvalue weighted by atomic mass is 28.4. The van der Waals surface area contributed by atoms with Crippen LogP contribution in [-0.2, 0) is 32.0 Å². The lowest BCUT2D eigenvalue weighted by molar-refractivity contribution is -0.162. The van der Waals surface area contributed by atoms with E-state index in [0.29, 0.717) is 12.4 Å². The van der Waals surface area contributed by atoms with Gasteiger partial charge in [-0.3, -0.25) is 0 Å². The summed E-state index contributed by atoms with van der Waals surface area (Å²) in [5.74, 6) is -0.685. The molecule has 0 amide bonds. The predicted molar refractivity (Wildman–Crippen MR) is 189 cm³/mol. The van der Waals surface area contributed by atoms with Gasteiger partial charge in [0.15, 0.2) is 5.79 Å². The van der Waals surface area contributed by atoms with Crippen molar-refractivity contribution in [3.05, 3.63) is 127 Å². The van der Waals surface area contributed by atoms with Crippen LogP contribution in [-0.4, -0.2) is 58.8 Å². The number of aliphatic hydroxyl groups is 2. The number of rotatable bonds is 12. The normalized spacial score (nSPS) is 19.4. The van der Waals surface area contributed by atoms with Gasteiger partial charge in [-0.05, 0) is 47.0 Å². The molecular formula is C39H46N2O6Si. The molecule has 0 aliphatic carbocycles. The molecule has 0 radical (unpaired) electrons. The highest BCUT2D eigenvalue weighted by Gasteiger charge is 2.53. The number of para-hydroxylation sites is 2. The van der Waals surface area contributed by atoms with Gasteiger partial charge in [0, 0.05) is 0 Å². The van der Waals surface area contributed by atoms with Crippen molar-refractivity contribution in [2.45, 2.75) is 83.2 Å². The van der Waals surface area contributed by atoms with Crippen LogP contribution in [0.4, 0.5) is 0 Å².